The number of aryl methyl sites for hydroxylation is 1. The number of hydrogen-bond acceptors (Lipinski definition) is 6. The molecule has 4 rings (SSSR count). The molecule has 0 amide bonds. The number of aromatic nitrogens is 1. The molecule has 5 nitrogen and oxygen atoms in total. The Bertz CT molecular complexity index is 1050. The fraction of sp³-hybridized carbons (Fsp3) is 0.654. The van der Waals surface area contributed by atoms with Crippen LogP contribution < -0.4 is 0 Å². The van der Waals surface area contributed by atoms with Crippen molar-refractivity contribution in [2.45, 2.75) is 82.3 Å². The highest BCUT2D eigenvalue weighted by Gasteiger charge is 2.49. The minimum atomic E-state index is -3.16. The van der Waals surface area contributed by atoms with E-state index < -0.39 is 9.84 Å². The van der Waals surface area contributed by atoms with E-state index in [1.807, 2.05) is 12.1 Å². The molecule has 0 aliphatic carbocycles. The predicted octanol–water partition coefficient (Wildman–Crippen LogP) is 5.41. The van der Waals surface area contributed by atoms with Crippen molar-refractivity contribution in [1.29, 1.82) is 0 Å². The Kier molecular flexibility index (Phi) is 7.08. The van der Waals surface area contributed by atoms with Crippen molar-refractivity contribution in [1.82, 2.24) is 9.88 Å². The van der Waals surface area contributed by atoms with E-state index in [4.69, 9.17) is 9.72 Å². The maximum absolute atomic E-state index is 11.8. The lowest BCUT2D eigenvalue weighted by molar-refractivity contribution is -0.00857. The third kappa shape index (κ3) is 5.21. The molecule has 0 saturated carbocycles. The highest BCUT2D eigenvalue weighted by Crippen LogP contribution is 2.47. The summed E-state index contributed by atoms with van der Waals surface area (Å²) >= 11 is 1.77. The number of thiazole rings is 1. The van der Waals surface area contributed by atoms with E-state index in [2.05, 4.69) is 38.0 Å². The van der Waals surface area contributed by atoms with Crippen LogP contribution in [0.2, 0.25) is 0 Å². The first kappa shape index (κ1) is 24.8. The Morgan fingerprint density at radius 3 is 2.58 bits per heavy atom. The van der Waals surface area contributed by atoms with Crippen molar-refractivity contribution in [3.8, 4) is 0 Å². The molecular formula is C26H38N2O3S2. The van der Waals surface area contributed by atoms with Gasteiger partial charge in [0.1, 0.15) is 0 Å². The Hall–Kier alpha value is -1.28. The molecule has 3 heterocycles. The van der Waals surface area contributed by atoms with Crippen molar-refractivity contribution < 1.29 is 13.2 Å². The van der Waals surface area contributed by atoms with Crippen molar-refractivity contribution in [2.24, 2.45) is 5.41 Å². The summed E-state index contributed by atoms with van der Waals surface area (Å²) in [5.41, 5.74) is 2.38. The summed E-state index contributed by atoms with van der Waals surface area (Å²) in [4.78, 5) is 7.99. The molecule has 0 spiro atoms. The molecule has 0 N–H and O–H groups in total. The third-order valence-corrected chi connectivity index (χ3v) is 9.97. The highest BCUT2D eigenvalue weighted by molar-refractivity contribution is 7.90. The Balaban J connectivity index is 1.51. The van der Waals surface area contributed by atoms with Gasteiger partial charge in [-0.3, -0.25) is 4.90 Å². The molecule has 2 aromatic rings. The number of sulfone groups is 1. The van der Waals surface area contributed by atoms with Gasteiger partial charge in [0.05, 0.1) is 27.2 Å². The Morgan fingerprint density at radius 1 is 1.27 bits per heavy atom. The molecule has 1 aromatic carbocycles. The van der Waals surface area contributed by atoms with Crippen molar-refractivity contribution >= 4 is 21.2 Å². The minimum absolute atomic E-state index is 0.110. The van der Waals surface area contributed by atoms with Gasteiger partial charge in [-0.1, -0.05) is 26.0 Å². The van der Waals surface area contributed by atoms with Gasteiger partial charge in [0.25, 0.3) is 0 Å². The van der Waals surface area contributed by atoms with Gasteiger partial charge in [0.15, 0.2) is 9.84 Å². The van der Waals surface area contributed by atoms with Crippen LogP contribution in [0.15, 0.2) is 34.5 Å². The largest absolute Gasteiger partial charge is 0.378 e. The number of likely N-dealkylation sites (tertiary alicyclic amines) is 1. The van der Waals surface area contributed by atoms with Gasteiger partial charge >= 0.3 is 0 Å². The summed E-state index contributed by atoms with van der Waals surface area (Å²) in [6.45, 7) is 12.0. The second-order valence-corrected chi connectivity index (χ2v) is 13.6. The normalized spacial score (nSPS) is 24.7. The van der Waals surface area contributed by atoms with Gasteiger partial charge in [-0.2, -0.15) is 0 Å². The maximum Gasteiger partial charge on any atom is 0.175 e. The second kappa shape index (κ2) is 9.40. The summed E-state index contributed by atoms with van der Waals surface area (Å²) in [5.74, 6) is 0.457. The molecule has 2 saturated heterocycles. The number of benzene rings is 1. The van der Waals surface area contributed by atoms with E-state index in [9.17, 15) is 8.42 Å². The summed E-state index contributed by atoms with van der Waals surface area (Å²) < 4.78 is 29.9. The van der Waals surface area contributed by atoms with Gasteiger partial charge in [-0.25, -0.2) is 13.4 Å². The van der Waals surface area contributed by atoms with Gasteiger partial charge in [-0.05, 0) is 70.2 Å². The monoisotopic (exact) mass is 490 g/mol. The number of hydrogen-bond donors (Lipinski definition) is 0. The van der Waals surface area contributed by atoms with Crippen LogP contribution >= 0.6 is 11.3 Å². The Labute approximate surface area is 203 Å². The summed E-state index contributed by atoms with van der Waals surface area (Å²) in [6, 6.07) is 7.42. The van der Waals surface area contributed by atoms with E-state index in [1.54, 1.807) is 23.5 Å². The zero-order chi connectivity index (χ0) is 23.9. The van der Waals surface area contributed by atoms with Crippen LogP contribution in [0.3, 0.4) is 0 Å². The van der Waals surface area contributed by atoms with Crippen molar-refractivity contribution in [2.75, 3.05) is 26.0 Å². The summed E-state index contributed by atoms with van der Waals surface area (Å²) in [5, 5.41) is 3.45. The van der Waals surface area contributed by atoms with Gasteiger partial charge < -0.3 is 4.74 Å². The van der Waals surface area contributed by atoms with E-state index >= 15 is 0 Å². The number of nitrogens with zero attached hydrogens (tertiary/aromatic N) is 2. The van der Waals surface area contributed by atoms with Crippen LogP contribution in [0.5, 0.6) is 0 Å². The third-order valence-electron chi connectivity index (χ3n) is 7.69. The van der Waals surface area contributed by atoms with Crippen LogP contribution in [-0.4, -0.2) is 50.4 Å². The van der Waals surface area contributed by atoms with E-state index in [0.29, 0.717) is 16.9 Å². The quantitative estimate of drug-likeness (QED) is 0.495. The standard InChI is InChI=1S/C26H38N2O3S2/c1-19(2)24-27-22(17-32-24)25(3,4)28-15-14-26(18-28,23-7-6-16-31-23)13-12-20-8-10-21(11-9-20)33(5,29)30/h8-11,17,19,23H,6-7,12-16,18H2,1-5H3/t23-,26-/m1/s1. The van der Waals surface area contributed by atoms with E-state index in [-0.39, 0.29) is 11.0 Å². The molecule has 1 aromatic heterocycles. The molecule has 7 heteroatoms. The molecule has 0 bridgehead atoms. The lowest BCUT2D eigenvalue weighted by Crippen LogP contribution is -2.44. The first-order chi connectivity index (χ1) is 15.5. The van der Waals surface area contributed by atoms with Gasteiger partial charge in [-0.15, -0.1) is 11.3 Å². The van der Waals surface area contributed by atoms with Gasteiger partial charge in [0, 0.05) is 36.1 Å². The second-order valence-electron chi connectivity index (χ2n) is 10.7. The SMILES string of the molecule is CC(C)c1nc(C(C)(C)N2CC[C@@](CCc3ccc(S(C)(=O)=O)cc3)([C@H]3CCCO3)C2)cs1. The average Bonchev–Trinajstić information content (AvgIpc) is 3.53. The van der Waals surface area contributed by atoms with Crippen LogP contribution in [0.4, 0.5) is 0 Å². The molecular weight excluding hydrogens is 452 g/mol. The summed E-state index contributed by atoms with van der Waals surface area (Å²) in [7, 11) is -3.16. The Morgan fingerprint density at radius 2 is 2.00 bits per heavy atom. The molecule has 182 valence electrons. The lowest BCUT2D eigenvalue weighted by Gasteiger charge is -2.39. The topological polar surface area (TPSA) is 59.5 Å². The van der Waals surface area contributed by atoms with E-state index in [0.717, 1.165) is 51.8 Å². The van der Waals surface area contributed by atoms with Crippen LogP contribution in [0, 0.1) is 5.41 Å². The summed E-state index contributed by atoms with van der Waals surface area (Å²) in [6.07, 6.45) is 6.95. The predicted molar refractivity (Wildman–Crippen MR) is 135 cm³/mol. The van der Waals surface area contributed by atoms with Crippen LogP contribution in [-0.2, 0) is 26.5 Å². The smallest absolute Gasteiger partial charge is 0.175 e. The fourth-order valence-corrected chi connectivity index (χ4v) is 6.98. The maximum atomic E-state index is 11.8. The molecule has 2 aliphatic heterocycles. The first-order valence-electron chi connectivity index (χ1n) is 12.1. The fourth-order valence-electron chi connectivity index (χ4n) is 5.35. The zero-order valence-corrected chi connectivity index (χ0v) is 22.3. The molecule has 0 unspecified atom stereocenters. The lowest BCUT2D eigenvalue weighted by atomic mass is 9.75. The van der Waals surface area contributed by atoms with Crippen molar-refractivity contribution in [3.05, 3.63) is 45.9 Å². The van der Waals surface area contributed by atoms with Gasteiger partial charge in [0.2, 0.25) is 0 Å². The molecule has 0 radical (unpaired) electrons. The first-order valence-corrected chi connectivity index (χ1v) is 14.9. The minimum Gasteiger partial charge on any atom is -0.378 e. The zero-order valence-electron chi connectivity index (χ0n) is 20.6. The van der Waals surface area contributed by atoms with Crippen LogP contribution in [0.25, 0.3) is 0 Å². The molecule has 33 heavy (non-hydrogen) atoms. The number of rotatable bonds is 8. The average molecular weight is 491 g/mol. The molecule has 2 fully saturated rings. The van der Waals surface area contributed by atoms with Crippen molar-refractivity contribution in [3.63, 3.8) is 0 Å². The van der Waals surface area contributed by atoms with Crippen LogP contribution in [0.1, 0.15) is 75.6 Å². The number of ether oxygens (including phenoxy) is 1. The van der Waals surface area contributed by atoms with E-state index in [1.165, 1.54) is 22.5 Å². The molecule has 2 atom stereocenters. The highest BCUT2D eigenvalue weighted by atomic mass is 32.2. The molecule has 2 aliphatic rings.